The smallest absolute Gasteiger partial charge is 0.318 e. The van der Waals surface area contributed by atoms with E-state index in [0.717, 1.165) is 12.8 Å². The highest BCUT2D eigenvalue weighted by molar-refractivity contribution is 5.83. The molecule has 4 N–H and O–H groups in total. The van der Waals surface area contributed by atoms with Crippen LogP contribution in [0.15, 0.2) is 0 Å². The van der Waals surface area contributed by atoms with Crippen molar-refractivity contribution >= 4 is 17.9 Å². The van der Waals surface area contributed by atoms with Crippen molar-refractivity contribution in [3.63, 3.8) is 0 Å². The number of hydrogen-bond acceptors (Lipinski definition) is 3. The van der Waals surface area contributed by atoms with Crippen LogP contribution in [0.1, 0.15) is 25.7 Å². The number of nitrogens with one attached hydrogen (secondary N) is 1. The summed E-state index contributed by atoms with van der Waals surface area (Å²) in [5, 5.41) is 11.1. The third-order valence-corrected chi connectivity index (χ3v) is 2.71. The van der Waals surface area contributed by atoms with Crippen LogP contribution in [-0.4, -0.2) is 47.0 Å². The number of carboxylic acids is 1. The standard InChI is InChI=1S/C10H17N3O4/c11-8(14)6-12-10(17)13-4-2-1-3-7(13)5-9(15)16/h7H,1-6H2,(H2,11,14)(H,12,17)(H,15,16). The molecule has 1 rings (SSSR count). The Labute approximate surface area is 98.9 Å². The summed E-state index contributed by atoms with van der Waals surface area (Å²) in [6, 6.07) is -0.719. The van der Waals surface area contributed by atoms with E-state index in [0.29, 0.717) is 13.0 Å². The van der Waals surface area contributed by atoms with E-state index in [1.165, 1.54) is 4.90 Å². The molecular weight excluding hydrogens is 226 g/mol. The molecule has 17 heavy (non-hydrogen) atoms. The molecule has 7 heteroatoms. The largest absolute Gasteiger partial charge is 0.481 e. The predicted octanol–water partition coefficient (Wildman–Crippen LogP) is -0.490. The van der Waals surface area contributed by atoms with E-state index < -0.39 is 17.9 Å². The van der Waals surface area contributed by atoms with E-state index in [-0.39, 0.29) is 19.0 Å². The molecule has 1 atom stereocenters. The van der Waals surface area contributed by atoms with Gasteiger partial charge in [0.1, 0.15) is 0 Å². The molecule has 1 aliphatic heterocycles. The van der Waals surface area contributed by atoms with Gasteiger partial charge in [0.15, 0.2) is 0 Å². The first-order chi connectivity index (χ1) is 8.00. The van der Waals surface area contributed by atoms with E-state index in [4.69, 9.17) is 10.8 Å². The average molecular weight is 243 g/mol. The predicted molar refractivity (Wildman–Crippen MR) is 59.2 cm³/mol. The summed E-state index contributed by atoms with van der Waals surface area (Å²) < 4.78 is 0. The zero-order valence-electron chi connectivity index (χ0n) is 9.52. The van der Waals surface area contributed by atoms with E-state index in [2.05, 4.69) is 5.32 Å². The summed E-state index contributed by atoms with van der Waals surface area (Å²) >= 11 is 0. The summed E-state index contributed by atoms with van der Waals surface area (Å²) in [7, 11) is 0. The number of primary amides is 1. The molecule has 0 radical (unpaired) electrons. The topological polar surface area (TPSA) is 113 Å². The Balaban J connectivity index is 2.54. The van der Waals surface area contributed by atoms with Gasteiger partial charge >= 0.3 is 12.0 Å². The molecule has 0 bridgehead atoms. The van der Waals surface area contributed by atoms with Gasteiger partial charge in [-0.05, 0) is 19.3 Å². The second kappa shape index (κ2) is 6.07. The maximum atomic E-state index is 11.7. The Kier molecular flexibility index (Phi) is 4.74. The number of urea groups is 1. The van der Waals surface area contributed by atoms with E-state index in [1.807, 2.05) is 0 Å². The van der Waals surface area contributed by atoms with Gasteiger partial charge in [0.05, 0.1) is 13.0 Å². The van der Waals surface area contributed by atoms with Gasteiger partial charge in [0, 0.05) is 12.6 Å². The van der Waals surface area contributed by atoms with Gasteiger partial charge in [-0.25, -0.2) is 4.79 Å². The van der Waals surface area contributed by atoms with Crippen molar-refractivity contribution in [2.75, 3.05) is 13.1 Å². The monoisotopic (exact) mass is 243 g/mol. The number of carbonyl (C=O) groups excluding carboxylic acids is 2. The Morgan fingerprint density at radius 1 is 1.35 bits per heavy atom. The molecule has 1 saturated heterocycles. The van der Waals surface area contributed by atoms with Crippen LogP contribution in [0.2, 0.25) is 0 Å². The maximum Gasteiger partial charge on any atom is 0.318 e. The maximum absolute atomic E-state index is 11.7. The number of carbonyl (C=O) groups is 3. The third kappa shape index (κ3) is 4.29. The molecule has 0 spiro atoms. The lowest BCUT2D eigenvalue weighted by Crippen LogP contribution is -2.50. The number of nitrogens with two attached hydrogens (primary N) is 1. The molecule has 1 fully saturated rings. The molecular formula is C10H17N3O4. The molecule has 3 amide bonds. The Bertz CT molecular complexity index is 319. The number of amides is 3. The molecule has 0 aromatic heterocycles. The van der Waals surface area contributed by atoms with E-state index in [1.54, 1.807) is 0 Å². The van der Waals surface area contributed by atoms with Crippen LogP contribution in [0.5, 0.6) is 0 Å². The molecule has 0 aromatic carbocycles. The van der Waals surface area contributed by atoms with Crippen LogP contribution in [0, 0.1) is 0 Å². The van der Waals surface area contributed by atoms with Crippen molar-refractivity contribution in [1.29, 1.82) is 0 Å². The number of carboxylic acid groups (broad SMARTS) is 1. The molecule has 0 aliphatic carbocycles. The summed E-state index contributed by atoms with van der Waals surface area (Å²) in [6.07, 6.45) is 2.37. The highest BCUT2D eigenvalue weighted by Gasteiger charge is 2.28. The van der Waals surface area contributed by atoms with Crippen LogP contribution in [0.25, 0.3) is 0 Å². The lowest BCUT2D eigenvalue weighted by atomic mass is 10.00. The van der Waals surface area contributed by atoms with Gasteiger partial charge in [-0.1, -0.05) is 0 Å². The van der Waals surface area contributed by atoms with Crippen molar-refractivity contribution < 1.29 is 19.5 Å². The lowest BCUT2D eigenvalue weighted by molar-refractivity contribution is -0.138. The first-order valence-electron chi connectivity index (χ1n) is 5.55. The van der Waals surface area contributed by atoms with Gasteiger partial charge in [-0.3, -0.25) is 9.59 Å². The number of aliphatic carboxylic acids is 1. The highest BCUT2D eigenvalue weighted by atomic mass is 16.4. The second-order valence-electron chi connectivity index (χ2n) is 4.07. The fourth-order valence-electron chi connectivity index (χ4n) is 1.95. The normalized spacial score (nSPS) is 19.8. The minimum atomic E-state index is -0.926. The van der Waals surface area contributed by atoms with E-state index >= 15 is 0 Å². The highest BCUT2D eigenvalue weighted by Crippen LogP contribution is 2.19. The van der Waals surface area contributed by atoms with E-state index in [9.17, 15) is 14.4 Å². The molecule has 0 saturated carbocycles. The Morgan fingerprint density at radius 3 is 2.65 bits per heavy atom. The number of likely N-dealkylation sites (tertiary alicyclic amines) is 1. The van der Waals surface area contributed by atoms with Gasteiger partial charge < -0.3 is 21.1 Å². The Morgan fingerprint density at radius 2 is 2.06 bits per heavy atom. The van der Waals surface area contributed by atoms with Crippen LogP contribution in [0.4, 0.5) is 4.79 Å². The van der Waals surface area contributed by atoms with Crippen molar-refractivity contribution in [2.45, 2.75) is 31.7 Å². The number of hydrogen-bond donors (Lipinski definition) is 3. The number of piperidine rings is 1. The zero-order chi connectivity index (χ0) is 12.8. The van der Waals surface area contributed by atoms with Crippen molar-refractivity contribution in [3.8, 4) is 0 Å². The minimum absolute atomic E-state index is 0.0655. The first-order valence-corrected chi connectivity index (χ1v) is 5.55. The Hall–Kier alpha value is -1.79. The SMILES string of the molecule is NC(=O)CNC(=O)N1CCCCC1CC(=O)O. The summed E-state index contributed by atoms with van der Waals surface area (Å²) in [5.41, 5.74) is 4.92. The summed E-state index contributed by atoms with van der Waals surface area (Å²) in [4.78, 5) is 34.4. The van der Waals surface area contributed by atoms with Gasteiger partial charge in [-0.2, -0.15) is 0 Å². The van der Waals surface area contributed by atoms with Gasteiger partial charge in [0.2, 0.25) is 5.91 Å². The van der Waals surface area contributed by atoms with Crippen molar-refractivity contribution in [1.82, 2.24) is 10.2 Å². The quantitative estimate of drug-likeness (QED) is 0.618. The summed E-state index contributed by atoms with van der Waals surface area (Å²) in [5.74, 6) is -1.55. The number of nitrogens with zero attached hydrogens (tertiary/aromatic N) is 1. The van der Waals surface area contributed by atoms with Crippen LogP contribution < -0.4 is 11.1 Å². The molecule has 1 unspecified atom stereocenters. The summed E-state index contributed by atoms with van der Waals surface area (Å²) in [6.45, 7) is 0.289. The molecule has 0 aromatic rings. The first kappa shape index (κ1) is 13.3. The fraction of sp³-hybridized carbons (Fsp3) is 0.700. The van der Waals surface area contributed by atoms with Gasteiger partial charge in [-0.15, -0.1) is 0 Å². The molecule has 7 nitrogen and oxygen atoms in total. The third-order valence-electron chi connectivity index (χ3n) is 2.71. The molecule has 1 heterocycles. The van der Waals surface area contributed by atoms with Crippen LogP contribution >= 0.6 is 0 Å². The molecule has 96 valence electrons. The van der Waals surface area contributed by atoms with Crippen molar-refractivity contribution in [2.24, 2.45) is 5.73 Å². The minimum Gasteiger partial charge on any atom is -0.481 e. The average Bonchev–Trinajstić information content (AvgIpc) is 2.25. The lowest BCUT2D eigenvalue weighted by Gasteiger charge is -2.34. The zero-order valence-corrected chi connectivity index (χ0v) is 9.52. The number of rotatable bonds is 4. The van der Waals surface area contributed by atoms with Crippen LogP contribution in [0.3, 0.4) is 0 Å². The fourth-order valence-corrected chi connectivity index (χ4v) is 1.95. The van der Waals surface area contributed by atoms with Crippen LogP contribution in [-0.2, 0) is 9.59 Å². The second-order valence-corrected chi connectivity index (χ2v) is 4.07. The van der Waals surface area contributed by atoms with Gasteiger partial charge in [0.25, 0.3) is 0 Å². The molecule has 1 aliphatic rings. The van der Waals surface area contributed by atoms with Crippen molar-refractivity contribution in [3.05, 3.63) is 0 Å².